The lowest BCUT2D eigenvalue weighted by Crippen LogP contribution is -2.27. The summed E-state index contributed by atoms with van der Waals surface area (Å²) in [7, 11) is 0. The zero-order valence-corrected chi connectivity index (χ0v) is 10.9. The Hall–Kier alpha value is -1.32. The molecule has 0 radical (unpaired) electrons. The molecule has 94 valence electrons. The first-order valence-corrected chi connectivity index (χ1v) is 6.73. The van der Waals surface area contributed by atoms with Crippen molar-refractivity contribution in [3.63, 3.8) is 0 Å². The molecule has 1 fully saturated rings. The van der Waals surface area contributed by atoms with E-state index in [1.165, 1.54) is 0 Å². The Labute approximate surface area is 112 Å². The molecule has 2 heterocycles. The SMILES string of the molecule is Clc1ccccc1-c1cnc(C2CCNCC2)[nH]1. The highest BCUT2D eigenvalue weighted by Gasteiger charge is 2.18. The molecule has 0 amide bonds. The number of aromatic nitrogens is 2. The van der Waals surface area contributed by atoms with Crippen molar-refractivity contribution in [3.05, 3.63) is 41.3 Å². The Kier molecular flexibility index (Phi) is 3.35. The topological polar surface area (TPSA) is 40.7 Å². The van der Waals surface area contributed by atoms with Gasteiger partial charge in [-0.05, 0) is 32.0 Å². The van der Waals surface area contributed by atoms with Gasteiger partial charge in [-0.15, -0.1) is 0 Å². The van der Waals surface area contributed by atoms with Crippen LogP contribution in [0.2, 0.25) is 5.02 Å². The highest BCUT2D eigenvalue weighted by atomic mass is 35.5. The summed E-state index contributed by atoms with van der Waals surface area (Å²) in [4.78, 5) is 7.93. The minimum Gasteiger partial charge on any atom is -0.342 e. The van der Waals surface area contributed by atoms with Gasteiger partial charge in [-0.25, -0.2) is 4.98 Å². The van der Waals surface area contributed by atoms with Gasteiger partial charge >= 0.3 is 0 Å². The quantitative estimate of drug-likeness (QED) is 0.872. The Morgan fingerprint density at radius 2 is 1.94 bits per heavy atom. The molecule has 0 aliphatic carbocycles. The summed E-state index contributed by atoms with van der Waals surface area (Å²) in [5.74, 6) is 1.63. The standard InChI is InChI=1S/C14H16ClN3/c15-12-4-2-1-3-11(12)13-9-17-14(18-13)10-5-7-16-8-6-10/h1-4,9-10,16H,5-8H2,(H,17,18). The number of hydrogen-bond acceptors (Lipinski definition) is 2. The second-order valence-electron chi connectivity index (χ2n) is 4.69. The van der Waals surface area contributed by atoms with Crippen molar-refractivity contribution in [2.75, 3.05) is 13.1 Å². The largest absolute Gasteiger partial charge is 0.342 e. The fraction of sp³-hybridized carbons (Fsp3) is 0.357. The number of hydrogen-bond donors (Lipinski definition) is 2. The summed E-state index contributed by atoms with van der Waals surface area (Å²) in [6.07, 6.45) is 4.18. The van der Waals surface area contributed by atoms with Crippen molar-refractivity contribution in [1.82, 2.24) is 15.3 Å². The van der Waals surface area contributed by atoms with E-state index in [9.17, 15) is 0 Å². The molecular formula is C14H16ClN3. The second-order valence-corrected chi connectivity index (χ2v) is 5.09. The predicted molar refractivity (Wildman–Crippen MR) is 73.9 cm³/mol. The average molecular weight is 262 g/mol. The number of aromatic amines is 1. The Balaban J connectivity index is 1.87. The fourth-order valence-electron chi connectivity index (χ4n) is 2.46. The first-order chi connectivity index (χ1) is 8.84. The summed E-state index contributed by atoms with van der Waals surface area (Å²) >= 11 is 6.20. The third-order valence-electron chi connectivity index (χ3n) is 3.49. The lowest BCUT2D eigenvalue weighted by Gasteiger charge is -2.20. The van der Waals surface area contributed by atoms with Crippen molar-refractivity contribution in [2.24, 2.45) is 0 Å². The monoisotopic (exact) mass is 261 g/mol. The van der Waals surface area contributed by atoms with Gasteiger partial charge in [0.25, 0.3) is 0 Å². The number of nitrogens with zero attached hydrogens (tertiary/aromatic N) is 1. The number of halogens is 1. The number of H-pyrrole nitrogens is 1. The number of benzene rings is 1. The number of imidazole rings is 1. The molecule has 3 nitrogen and oxygen atoms in total. The lowest BCUT2D eigenvalue weighted by atomic mass is 9.98. The molecule has 1 aliphatic heterocycles. The van der Waals surface area contributed by atoms with Crippen LogP contribution in [0.25, 0.3) is 11.3 Å². The molecule has 1 aliphatic rings. The Morgan fingerprint density at radius 3 is 2.72 bits per heavy atom. The highest BCUT2D eigenvalue weighted by Crippen LogP contribution is 2.29. The molecule has 0 spiro atoms. The summed E-state index contributed by atoms with van der Waals surface area (Å²) < 4.78 is 0. The van der Waals surface area contributed by atoms with Crippen LogP contribution in [0.4, 0.5) is 0 Å². The Morgan fingerprint density at radius 1 is 1.17 bits per heavy atom. The zero-order valence-electron chi connectivity index (χ0n) is 10.1. The molecule has 1 aromatic carbocycles. The molecule has 0 atom stereocenters. The molecule has 0 unspecified atom stereocenters. The summed E-state index contributed by atoms with van der Waals surface area (Å²) in [6, 6.07) is 7.85. The van der Waals surface area contributed by atoms with Crippen LogP contribution in [0.3, 0.4) is 0 Å². The van der Waals surface area contributed by atoms with Gasteiger partial charge in [-0.3, -0.25) is 0 Å². The van der Waals surface area contributed by atoms with Crippen LogP contribution in [0.1, 0.15) is 24.6 Å². The van der Waals surface area contributed by atoms with Crippen molar-refractivity contribution < 1.29 is 0 Å². The van der Waals surface area contributed by atoms with Crippen molar-refractivity contribution >= 4 is 11.6 Å². The van der Waals surface area contributed by atoms with Crippen molar-refractivity contribution in [3.8, 4) is 11.3 Å². The van der Waals surface area contributed by atoms with Gasteiger partial charge in [-0.2, -0.15) is 0 Å². The summed E-state index contributed by atoms with van der Waals surface area (Å²) in [6.45, 7) is 2.15. The van der Waals surface area contributed by atoms with Crippen LogP contribution >= 0.6 is 11.6 Å². The highest BCUT2D eigenvalue weighted by molar-refractivity contribution is 6.33. The molecular weight excluding hydrogens is 246 g/mol. The van der Waals surface area contributed by atoms with Gasteiger partial charge in [0.1, 0.15) is 5.82 Å². The Bertz CT molecular complexity index is 529. The maximum Gasteiger partial charge on any atom is 0.109 e. The molecule has 2 N–H and O–H groups in total. The van der Waals surface area contributed by atoms with Crippen LogP contribution in [-0.4, -0.2) is 23.1 Å². The van der Waals surface area contributed by atoms with E-state index in [0.717, 1.165) is 48.0 Å². The molecule has 0 saturated carbocycles. The van der Waals surface area contributed by atoms with Gasteiger partial charge in [0.05, 0.1) is 11.9 Å². The van der Waals surface area contributed by atoms with E-state index in [1.807, 2.05) is 30.5 Å². The molecule has 0 bridgehead atoms. The van der Waals surface area contributed by atoms with E-state index in [-0.39, 0.29) is 0 Å². The van der Waals surface area contributed by atoms with Gasteiger partial charge in [0.2, 0.25) is 0 Å². The minimum absolute atomic E-state index is 0.544. The molecule has 2 aromatic rings. The van der Waals surface area contributed by atoms with E-state index in [4.69, 9.17) is 11.6 Å². The van der Waals surface area contributed by atoms with Crippen LogP contribution in [0, 0.1) is 0 Å². The molecule has 1 aromatic heterocycles. The van der Waals surface area contributed by atoms with Crippen LogP contribution in [0.15, 0.2) is 30.5 Å². The maximum atomic E-state index is 6.20. The second kappa shape index (κ2) is 5.12. The maximum absolute atomic E-state index is 6.20. The molecule has 3 rings (SSSR count). The average Bonchev–Trinajstić information content (AvgIpc) is 2.90. The number of nitrogens with one attached hydrogen (secondary N) is 2. The van der Waals surface area contributed by atoms with Gasteiger partial charge in [0.15, 0.2) is 0 Å². The van der Waals surface area contributed by atoms with Crippen LogP contribution in [-0.2, 0) is 0 Å². The van der Waals surface area contributed by atoms with E-state index in [2.05, 4.69) is 15.3 Å². The number of rotatable bonds is 2. The smallest absolute Gasteiger partial charge is 0.109 e. The van der Waals surface area contributed by atoms with Gasteiger partial charge in [0, 0.05) is 16.5 Å². The third kappa shape index (κ3) is 2.28. The first-order valence-electron chi connectivity index (χ1n) is 6.35. The van der Waals surface area contributed by atoms with E-state index in [0.29, 0.717) is 5.92 Å². The van der Waals surface area contributed by atoms with Crippen LogP contribution < -0.4 is 5.32 Å². The summed E-state index contributed by atoms with van der Waals surface area (Å²) in [5.41, 5.74) is 2.03. The minimum atomic E-state index is 0.544. The van der Waals surface area contributed by atoms with Crippen LogP contribution in [0.5, 0.6) is 0 Å². The molecule has 1 saturated heterocycles. The van der Waals surface area contributed by atoms with Gasteiger partial charge in [-0.1, -0.05) is 29.8 Å². The van der Waals surface area contributed by atoms with Crippen molar-refractivity contribution in [2.45, 2.75) is 18.8 Å². The molecule has 18 heavy (non-hydrogen) atoms. The van der Waals surface area contributed by atoms with E-state index >= 15 is 0 Å². The van der Waals surface area contributed by atoms with E-state index in [1.54, 1.807) is 0 Å². The summed E-state index contributed by atoms with van der Waals surface area (Å²) in [5, 5.41) is 4.13. The van der Waals surface area contributed by atoms with Crippen molar-refractivity contribution in [1.29, 1.82) is 0 Å². The third-order valence-corrected chi connectivity index (χ3v) is 3.81. The van der Waals surface area contributed by atoms with E-state index < -0.39 is 0 Å². The molecule has 4 heteroatoms. The lowest BCUT2D eigenvalue weighted by molar-refractivity contribution is 0.447. The van der Waals surface area contributed by atoms with Gasteiger partial charge < -0.3 is 10.3 Å². The number of piperidine rings is 1. The normalized spacial score (nSPS) is 16.9. The first kappa shape index (κ1) is 11.8. The zero-order chi connectivity index (χ0) is 12.4. The predicted octanol–water partition coefficient (Wildman–Crippen LogP) is 3.20. The fourth-order valence-corrected chi connectivity index (χ4v) is 2.69.